The number of nitrogens with one attached hydrogen (secondary N) is 1. The fourth-order valence-corrected chi connectivity index (χ4v) is 4.33. The van der Waals surface area contributed by atoms with Crippen molar-refractivity contribution in [2.45, 2.75) is 19.4 Å². The molecule has 1 fully saturated rings. The highest BCUT2D eigenvalue weighted by Crippen LogP contribution is 2.24. The van der Waals surface area contributed by atoms with E-state index in [2.05, 4.69) is 52.4 Å². The van der Waals surface area contributed by atoms with E-state index in [1.165, 1.54) is 10.8 Å². The van der Waals surface area contributed by atoms with Crippen LogP contribution >= 0.6 is 0 Å². The Morgan fingerprint density at radius 2 is 1.77 bits per heavy atom. The highest BCUT2D eigenvalue weighted by atomic mass is 16.2. The van der Waals surface area contributed by atoms with Crippen LogP contribution in [0.2, 0.25) is 0 Å². The van der Waals surface area contributed by atoms with Crippen molar-refractivity contribution in [3.8, 4) is 6.07 Å². The lowest BCUT2D eigenvalue weighted by Gasteiger charge is -2.24. The Hall–Kier alpha value is -3.36. The minimum absolute atomic E-state index is 0.0410. The lowest BCUT2D eigenvalue weighted by atomic mass is 10.00. The molecule has 1 amide bonds. The van der Waals surface area contributed by atoms with Crippen molar-refractivity contribution in [3.63, 3.8) is 0 Å². The van der Waals surface area contributed by atoms with Gasteiger partial charge in [-0.25, -0.2) is 0 Å². The molecular formula is C26H28N4O. The molecule has 0 aromatic heterocycles. The maximum atomic E-state index is 12.8. The van der Waals surface area contributed by atoms with E-state index < -0.39 is 0 Å². The third-order valence-electron chi connectivity index (χ3n) is 5.98. The van der Waals surface area contributed by atoms with Crippen molar-refractivity contribution in [1.29, 1.82) is 5.26 Å². The van der Waals surface area contributed by atoms with E-state index in [1.54, 1.807) is 0 Å². The van der Waals surface area contributed by atoms with Gasteiger partial charge in [-0.2, -0.15) is 5.26 Å². The van der Waals surface area contributed by atoms with Gasteiger partial charge in [0.05, 0.1) is 24.2 Å². The summed E-state index contributed by atoms with van der Waals surface area (Å²) in [6, 6.07) is 24.4. The number of hydrogen-bond donors (Lipinski definition) is 1. The molecule has 0 spiro atoms. The van der Waals surface area contributed by atoms with E-state index >= 15 is 0 Å². The molecule has 0 aliphatic carbocycles. The molecule has 5 heteroatoms. The van der Waals surface area contributed by atoms with Crippen LogP contribution < -0.4 is 10.2 Å². The average Bonchev–Trinajstić information content (AvgIpc) is 3.04. The molecular weight excluding hydrogens is 384 g/mol. The Kier molecular flexibility index (Phi) is 6.49. The summed E-state index contributed by atoms with van der Waals surface area (Å²) in [7, 11) is 0. The van der Waals surface area contributed by atoms with Crippen LogP contribution in [-0.4, -0.2) is 43.5 Å². The second-order valence-corrected chi connectivity index (χ2v) is 8.13. The van der Waals surface area contributed by atoms with Gasteiger partial charge in [-0.05, 0) is 53.9 Å². The molecule has 1 aliphatic heterocycles. The van der Waals surface area contributed by atoms with Crippen molar-refractivity contribution in [1.82, 2.24) is 10.2 Å². The minimum Gasteiger partial charge on any atom is -0.370 e. The van der Waals surface area contributed by atoms with Crippen LogP contribution in [0.25, 0.3) is 10.8 Å². The van der Waals surface area contributed by atoms with Gasteiger partial charge in [0.1, 0.15) is 0 Å². The molecule has 3 aromatic carbocycles. The van der Waals surface area contributed by atoms with Crippen LogP contribution in [0.3, 0.4) is 0 Å². The predicted molar refractivity (Wildman–Crippen MR) is 125 cm³/mol. The number of nitriles is 1. The summed E-state index contributed by atoms with van der Waals surface area (Å²) < 4.78 is 0. The summed E-state index contributed by atoms with van der Waals surface area (Å²) in [5.41, 5.74) is 2.96. The molecule has 0 bridgehead atoms. The molecule has 1 N–H and O–H groups in total. The summed E-state index contributed by atoms with van der Waals surface area (Å²) >= 11 is 0. The van der Waals surface area contributed by atoms with Gasteiger partial charge in [0.25, 0.3) is 0 Å². The standard InChI is InChI=1S/C26H28N4O/c1-20(24-9-4-7-22-6-2-3-8-25(22)24)28-26(31)19-29-14-5-15-30(17-16-29)23-12-10-21(18-27)11-13-23/h2-4,6-13,20H,5,14-17,19H2,1H3,(H,28,31). The number of carbonyl (C=O) groups excluding carboxylic acids is 1. The monoisotopic (exact) mass is 412 g/mol. The van der Waals surface area contributed by atoms with Crippen molar-refractivity contribution < 1.29 is 4.79 Å². The van der Waals surface area contributed by atoms with E-state index in [-0.39, 0.29) is 11.9 Å². The van der Waals surface area contributed by atoms with Gasteiger partial charge in [0, 0.05) is 31.9 Å². The van der Waals surface area contributed by atoms with E-state index in [4.69, 9.17) is 5.26 Å². The molecule has 1 heterocycles. The van der Waals surface area contributed by atoms with Crippen molar-refractivity contribution in [2.24, 2.45) is 0 Å². The lowest BCUT2D eigenvalue weighted by Crippen LogP contribution is -2.40. The summed E-state index contributed by atoms with van der Waals surface area (Å²) in [5, 5.41) is 14.5. The smallest absolute Gasteiger partial charge is 0.234 e. The number of hydrogen-bond acceptors (Lipinski definition) is 4. The minimum atomic E-state index is -0.0410. The lowest BCUT2D eigenvalue weighted by molar-refractivity contribution is -0.122. The van der Waals surface area contributed by atoms with Crippen LogP contribution in [-0.2, 0) is 4.79 Å². The van der Waals surface area contributed by atoms with Crippen molar-refractivity contribution in [3.05, 3.63) is 77.9 Å². The summed E-state index contributed by atoms with van der Waals surface area (Å²) in [6.07, 6.45) is 1.01. The van der Waals surface area contributed by atoms with Crippen LogP contribution in [0.15, 0.2) is 66.7 Å². The molecule has 0 radical (unpaired) electrons. The van der Waals surface area contributed by atoms with Crippen molar-refractivity contribution >= 4 is 22.4 Å². The van der Waals surface area contributed by atoms with E-state index in [9.17, 15) is 4.79 Å². The van der Waals surface area contributed by atoms with Gasteiger partial charge >= 0.3 is 0 Å². The maximum absolute atomic E-state index is 12.8. The highest BCUT2D eigenvalue weighted by Gasteiger charge is 2.19. The Morgan fingerprint density at radius 1 is 1.00 bits per heavy atom. The van der Waals surface area contributed by atoms with Gasteiger partial charge in [-0.3, -0.25) is 9.69 Å². The molecule has 3 aromatic rings. The molecule has 1 saturated heterocycles. The largest absolute Gasteiger partial charge is 0.370 e. The van der Waals surface area contributed by atoms with E-state index in [0.717, 1.165) is 43.9 Å². The SMILES string of the molecule is CC(NC(=O)CN1CCCN(c2ccc(C#N)cc2)CC1)c1cccc2ccccc12. The number of fused-ring (bicyclic) bond motifs is 1. The van der Waals surface area contributed by atoms with Crippen LogP contribution in [0.5, 0.6) is 0 Å². The number of benzene rings is 3. The fourth-order valence-electron chi connectivity index (χ4n) is 4.33. The molecule has 31 heavy (non-hydrogen) atoms. The first-order valence-electron chi connectivity index (χ1n) is 10.9. The number of carbonyl (C=O) groups is 1. The van der Waals surface area contributed by atoms with Crippen LogP contribution in [0, 0.1) is 11.3 Å². The van der Waals surface area contributed by atoms with Gasteiger partial charge in [0.15, 0.2) is 0 Å². The topological polar surface area (TPSA) is 59.4 Å². The van der Waals surface area contributed by atoms with Gasteiger partial charge in [-0.1, -0.05) is 42.5 Å². The summed E-state index contributed by atoms with van der Waals surface area (Å²) in [5.74, 6) is 0.0623. The molecule has 0 saturated carbocycles. The van der Waals surface area contributed by atoms with E-state index in [1.807, 2.05) is 42.5 Å². The van der Waals surface area contributed by atoms with Gasteiger partial charge in [0.2, 0.25) is 5.91 Å². The Balaban J connectivity index is 1.34. The molecule has 1 unspecified atom stereocenters. The first-order valence-corrected chi connectivity index (χ1v) is 10.9. The van der Waals surface area contributed by atoms with E-state index in [0.29, 0.717) is 12.1 Å². The van der Waals surface area contributed by atoms with Crippen LogP contribution in [0.4, 0.5) is 5.69 Å². The second-order valence-electron chi connectivity index (χ2n) is 8.13. The summed E-state index contributed by atoms with van der Waals surface area (Å²) in [4.78, 5) is 17.3. The first kappa shape index (κ1) is 20.9. The molecule has 4 rings (SSSR count). The molecule has 158 valence electrons. The third kappa shape index (κ3) is 5.04. The average molecular weight is 413 g/mol. The Morgan fingerprint density at radius 3 is 2.58 bits per heavy atom. The zero-order valence-electron chi connectivity index (χ0n) is 17.9. The molecule has 1 atom stereocenters. The molecule has 1 aliphatic rings. The maximum Gasteiger partial charge on any atom is 0.234 e. The quantitative estimate of drug-likeness (QED) is 0.685. The zero-order valence-corrected chi connectivity index (χ0v) is 17.9. The zero-order chi connectivity index (χ0) is 21.6. The first-order chi connectivity index (χ1) is 15.1. The highest BCUT2D eigenvalue weighted by molar-refractivity contribution is 5.87. The van der Waals surface area contributed by atoms with Gasteiger partial charge in [-0.15, -0.1) is 0 Å². The summed E-state index contributed by atoms with van der Waals surface area (Å²) in [6.45, 7) is 6.04. The van der Waals surface area contributed by atoms with Crippen molar-refractivity contribution in [2.75, 3.05) is 37.6 Å². The third-order valence-corrected chi connectivity index (χ3v) is 5.98. The van der Waals surface area contributed by atoms with Gasteiger partial charge < -0.3 is 10.2 Å². The Bertz CT molecular complexity index is 1080. The number of anilines is 1. The number of rotatable bonds is 5. The number of nitrogens with zero attached hydrogens (tertiary/aromatic N) is 3. The fraction of sp³-hybridized carbons (Fsp3) is 0.308. The van der Waals surface area contributed by atoms with Crippen LogP contribution in [0.1, 0.15) is 30.5 Å². The second kappa shape index (κ2) is 9.63. The number of amides is 1. The molecule has 5 nitrogen and oxygen atoms in total. The normalized spacial score (nSPS) is 15.8. The predicted octanol–water partition coefficient (Wildman–Crippen LogP) is 4.10. The Labute approximate surface area is 183 Å².